The van der Waals surface area contributed by atoms with E-state index in [1.54, 1.807) is 0 Å². The SMILES string of the molecule is CCCOc1ccc(C(=O)CCC)c(CC)c1. The van der Waals surface area contributed by atoms with Gasteiger partial charge in [-0.25, -0.2) is 0 Å². The van der Waals surface area contributed by atoms with Gasteiger partial charge in [-0.1, -0.05) is 20.8 Å². The molecule has 0 fully saturated rings. The predicted octanol–water partition coefficient (Wildman–Crippen LogP) is 4.02. The van der Waals surface area contributed by atoms with Crippen molar-refractivity contribution in [3.05, 3.63) is 29.3 Å². The summed E-state index contributed by atoms with van der Waals surface area (Å²) in [6.07, 6.45) is 3.39. The number of hydrogen-bond acceptors (Lipinski definition) is 2. The number of ether oxygens (including phenoxy) is 1. The number of carbonyl (C=O) groups excluding carboxylic acids is 1. The Balaban J connectivity index is 2.88. The Labute approximate surface area is 104 Å². The van der Waals surface area contributed by atoms with Crippen molar-refractivity contribution >= 4 is 5.78 Å². The third-order valence-corrected chi connectivity index (χ3v) is 2.71. The quantitative estimate of drug-likeness (QED) is 0.666. The number of hydrogen-bond donors (Lipinski definition) is 0. The molecule has 0 unspecified atom stereocenters. The summed E-state index contributed by atoms with van der Waals surface area (Å²) in [7, 11) is 0. The number of rotatable bonds is 7. The van der Waals surface area contributed by atoms with Crippen LogP contribution < -0.4 is 4.74 Å². The van der Waals surface area contributed by atoms with Crippen LogP contribution in [0.3, 0.4) is 0 Å². The maximum absolute atomic E-state index is 11.9. The minimum absolute atomic E-state index is 0.242. The normalized spacial score (nSPS) is 10.3. The van der Waals surface area contributed by atoms with Crippen LogP contribution in [0.4, 0.5) is 0 Å². The first kappa shape index (κ1) is 13.8. The molecule has 1 rings (SSSR count). The van der Waals surface area contributed by atoms with E-state index >= 15 is 0 Å². The second kappa shape index (κ2) is 7.10. The lowest BCUT2D eigenvalue weighted by Crippen LogP contribution is -2.04. The highest BCUT2D eigenvalue weighted by Crippen LogP contribution is 2.20. The van der Waals surface area contributed by atoms with E-state index in [2.05, 4.69) is 13.8 Å². The van der Waals surface area contributed by atoms with Crippen molar-refractivity contribution in [3.63, 3.8) is 0 Å². The Hall–Kier alpha value is -1.31. The fourth-order valence-corrected chi connectivity index (χ4v) is 1.81. The smallest absolute Gasteiger partial charge is 0.163 e. The fraction of sp³-hybridized carbons (Fsp3) is 0.533. The molecule has 0 aliphatic heterocycles. The lowest BCUT2D eigenvalue weighted by atomic mass is 9.99. The molecule has 2 heteroatoms. The van der Waals surface area contributed by atoms with E-state index in [0.717, 1.165) is 42.7 Å². The Kier molecular flexibility index (Phi) is 5.75. The molecule has 0 aliphatic carbocycles. The van der Waals surface area contributed by atoms with Gasteiger partial charge in [0.25, 0.3) is 0 Å². The van der Waals surface area contributed by atoms with Crippen molar-refractivity contribution < 1.29 is 9.53 Å². The Bertz CT molecular complexity index is 369. The van der Waals surface area contributed by atoms with Gasteiger partial charge in [-0.15, -0.1) is 0 Å². The maximum Gasteiger partial charge on any atom is 0.163 e. The van der Waals surface area contributed by atoms with E-state index in [1.807, 2.05) is 25.1 Å². The minimum atomic E-state index is 0.242. The van der Waals surface area contributed by atoms with Crippen LogP contribution in [0.2, 0.25) is 0 Å². The first-order valence-corrected chi connectivity index (χ1v) is 6.51. The molecule has 17 heavy (non-hydrogen) atoms. The Morgan fingerprint density at radius 1 is 1.18 bits per heavy atom. The van der Waals surface area contributed by atoms with Gasteiger partial charge in [0.2, 0.25) is 0 Å². The minimum Gasteiger partial charge on any atom is -0.494 e. The number of Topliss-reactive ketones (excluding diaryl/α,β-unsaturated/α-hetero) is 1. The topological polar surface area (TPSA) is 26.3 Å². The van der Waals surface area contributed by atoms with E-state index in [4.69, 9.17) is 4.74 Å². The first-order chi connectivity index (χ1) is 8.22. The van der Waals surface area contributed by atoms with E-state index in [1.165, 1.54) is 0 Å². The summed E-state index contributed by atoms with van der Waals surface area (Å²) >= 11 is 0. The van der Waals surface area contributed by atoms with Crippen molar-refractivity contribution in [3.8, 4) is 5.75 Å². The number of benzene rings is 1. The summed E-state index contributed by atoms with van der Waals surface area (Å²) in [5, 5.41) is 0. The molecule has 0 aromatic heterocycles. The molecule has 0 saturated heterocycles. The zero-order valence-electron chi connectivity index (χ0n) is 11.1. The lowest BCUT2D eigenvalue weighted by Gasteiger charge is -2.10. The van der Waals surface area contributed by atoms with E-state index in [0.29, 0.717) is 6.42 Å². The summed E-state index contributed by atoms with van der Waals surface area (Å²) in [4.78, 5) is 11.9. The van der Waals surface area contributed by atoms with Crippen LogP contribution in [0.1, 0.15) is 56.0 Å². The highest BCUT2D eigenvalue weighted by Gasteiger charge is 2.10. The van der Waals surface area contributed by atoms with Crippen molar-refractivity contribution in [2.45, 2.75) is 46.5 Å². The van der Waals surface area contributed by atoms with Gasteiger partial charge in [-0.2, -0.15) is 0 Å². The van der Waals surface area contributed by atoms with Gasteiger partial charge in [0, 0.05) is 12.0 Å². The van der Waals surface area contributed by atoms with E-state index in [9.17, 15) is 4.79 Å². The second-order valence-corrected chi connectivity index (χ2v) is 4.19. The van der Waals surface area contributed by atoms with E-state index < -0.39 is 0 Å². The molecule has 2 nitrogen and oxygen atoms in total. The summed E-state index contributed by atoms with van der Waals surface area (Å²) in [6.45, 7) is 6.91. The van der Waals surface area contributed by atoms with Gasteiger partial charge in [-0.3, -0.25) is 4.79 Å². The van der Waals surface area contributed by atoms with Gasteiger partial charge >= 0.3 is 0 Å². The molecule has 0 atom stereocenters. The van der Waals surface area contributed by atoms with Crippen molar-refractivity contribution in [2.75, 3.05) is 6.61 Å². The highest BCUT2D eigenvalue weighted by atomic mass is 16.5. The summed E-state index contributed by atoms with van der Waals surface area (Å²) < 4.78 is 5.58. The lowest BCUT2D eigenvalue weighted by molar-refractivity contribution is 0.0981. The van der Waals surface area contributed by atoms with Gasteiger partial charge in [0.15, 0.2) is 5.78 Å². The van der Waals surface area contributed by atoms with Crippen LogP contribution >= 0.6 is 0 Å². The molecule has 0 aliphatic rings. The molecule has 1 aromatic carbocycles. The van der Waals surface area contributed by atoms with Crippen LogP contribution in [0.15, 0.2) is 18.2 Å². The molecule has 0 amide bonds. The first-order valence-electron chi connectivity index (χ1n) is 6.51. The molecule has 0 spiro atoms. The molecular formula is C15H22O2. The van der Waals surface area contributed by atoms with Crippen LogP contribution in [0.5, 0.6) is 5.75 Å². The average molecular weight is 234 g/mol. The summed E-state index contributed by atoms with van der Waals surface area (Å²) in [5.74, 6) is 1.11. The standard InChI is InChI=1S/C15H22O2/c1-4-7-15(16)14-9-8-13(17-10-5-2)11-12(14)6-3/h8-9,11H,4-7,10H2,1-3H3. The average Bonchev–Trinajstić information content (AvgIpc) is 2.36. The molecular weight excluding hydrogens is 212 g/mol. The number of carbonyl (C=O) groups is 1. The zero-order valence-corrected chi connectivity index (χ0v) is 11.1. The molecule has 1 aromatic rings. The number of aryl methyl sites for hydroxylation is 1. The zero-order chi connectivity index (χ0) is 12.7. The fourth-order valence-electron chi connectivity index (χ4n) is 1.81. The highest BCUT2D eigenvalue weighted by molar-refractivity contribution is 5.97. The van der Waals surface area contributed by atoms with Crippen LogP contribution in [-0.2, 0) is 6.42 Å². The maximum atomic E-state index is 11.9. The molecule has 0 radical (unpaired) electrons. The Morgan fingerprint density at radius 3 is 2.53 bits per heavy atom. The number of ketones is 1. The molecule has 0 saturated carbocycles. The predicted molar refractivity (Wildman–Crippen MR) is 70.8 cm³/mol. The molecule has 94 valence electrons. The molecule has 0 N–H and O–H groups in total. The Morgan fingerprint density at radius 2 is 1.94 bits per heavy atom. The van der Waals surface area contributed by atoms with Crippen LogP contribution in [-0.4, -0.2) is 12.4 Å². The third kappa shape index (κ3) is 3.88. The second-order valence-electron chi connectivity index (χ2n) is 4.19. The van der Waals surface area contributed by atoms with Crippen molar-refractivity contribution in [1.29, 1.82) is 0 Å². The molecule has 0 heterocycles. The molecule has 0 bridgehead atoms. The van der Waals surface area contributed by atoms with Crippen molar-refractivity contribution in [1.82, 2.24) is 0 Å². The third-order valence-electron chi connectivity index (χ3n) is 2.71. The monoisotopic (exact) mass is 234 g/mol. The van der Waals surface area contributed by atoms with Gasteiger partial charge in [0.05, 0.1) is 6.61 Å². The van der Waals surface area contributed by atoms with Crippen molar-refractivity contribution in [2.24, 2.45) is 0 Å². The van der Waals surface area contributed by atoms with Gasteiger partial charge in [-0.05, 0) is 43.0 Å². The van der Waals surface area contributed by atoms with Gasteiger partial charge < -0.3 is 4.74 Å². The van der Waals surface area contributed by atoms with Gasteiger partial charge in [0.1, 0.15) is 5.75 Å². The van der Waals surface area contributed by atoms with Crippen LogP contribution in [0, 0.1) is 0 Å². The van der Waals surface area contributed by atoms with E-state index in [-0.39, 0.29) is 5.78 Å². The summed E-state index contributed by atoms with van der Waals surface area (Å²) in [6, 6.07) is 5.80. The largest absolute Gasteiger partial charge is 0.494 e. The van der Waals surface area contributed by atoms with Crippen LogP contribution in [0.25, 0.3) is 0 Å². The summed E-state index contributed by atoms with van der Waals surface area (Å²) in [5.41, 5.74) is 1.95.